The Kier molecular flexibility index (Phi) is 10.4. The molecule has 2 N–H and O–H groups in total. The van der Waals surface area contributed by atoms with Crippen molar-refractivity contribution in [1.82, 2.24) is 25.2 Å². The van der Waals surface area contributed by atoms with Gasteiger partial charge in [-0.2, -0.15) is 0 Å². The van der Waals surface area contributed by atoms with Gasteiger partial charge >= 0.3 is 5.97 Å². The predicted molar refractivity (Wildman–Crippen MR) is 140 cm³/mol. The van der Waals surface area contributed by atoms with Crippen LogP contribution in [0.1, 0.15) is 53.6 Å². The molecule has 0 saturated heterocycles. The summed E-state index contributed by atoms with van der Waals surface area (Å²) in [6.45, 7) is 10.3. The maximum Gasteiger partial charge on any atom is 0.350 e. The Balaban J connectivity index is 0.00000363. The maximum atomic E-state index is 12.1. The Morgan fingerprint density at radius 2 is 2.09 bits per heavy atom. The molecule has 0 spiro atoms. The highest BCUT2D eigenvalue weighted by Crippen LogP contribution is 2.24. The largest absolute Gasteiger partial charge is 0.462 e. The highest BCUT2D eigenvalue weighted by Gasteiger charge is 2.20. The molecule has 3 rings (SSSR count). The molecule has 0 saturated carbocycles. The fourth-order valence-electron chi connectivity index (χ4n) is 3.20. The van der Waals surface area contributed by atoms with Gasteiger partial charge in [-0.3, -0.25) is 4.99 Å². The van der Waals surface area contributed by atoms with Crippen molar-refractivity contribution in [2.45, 2.75) is 46.7 Å². The number of thiazole rings is 1. The van der Waals surface area contributed by atoms with Crippen LogP contribution in [0.25, 0.3) is 11.0 Å². The van der Waals surface area contributed by atoms with Gasteiger partial charge in [0.15, 0.2) is 5.96 Å². The van der Waals surface area contributed by atoms with E-state index in [1.807, 2.05) is 45.3 Å². The molecule has 0 bridgehead atoms. The Labute approximate surface area is 209 Å². The molecule has 0 fully saturated rings. The normalized spacial score (nSPS) is 12.3. The number of aromatic nitrogens is 3. The topological polar surface area (TPSA) is 93.4 Å². The minimum atomic E-state index is -0.316. The molecular formula is C22H31IN6O2S. The molecule has 0 aliphatic carbocycles. The van der Waals surface area contributed by atoms with E-state index in [1.165, 1.54) is 11.3 Å². The highest BCUT2D eigenvalue weighted by molar-refractivity contribution is 14.0. The molecule has 1 atom stereocenters. The average molecular weight is 571 g/mol. The third-order valence-electron chi connectivity index (χ3n) is 4.70. The lowest BCUT2D eigenvalue weighted by molar-refractivity contribution is 0.0531. The van der Waals surface area contributed by atoms with Gasteiger partial charge in [0.05, 0.1) is 35.7 Å². The van der Waals surface area contributed by atoms with Crippen LogP contribution in [0.15, 0.2) is 35.6 Å². The molecule has 3 aromatic rings. The molecule has 1 aromatic carbocycles. The molecule has 2 aromatic heterocycles. The fourth-order valence-corrected chi connectivity index (χ4v) is 4.16. The number of carbonyl (C=O) groups is 1. The minimum absolute atomic E-state index is 0. The zero-order valence-electron chi connectivity index (χ0n) is 18.9. The third kappa shape index (κ3) is 6.64. The first-order valence-corrected chi connectivity index (χ1v) is 11.4. The molecule has 0 amide bonds. The Hall–Kier alpha value is -2.21. The number of ether oxygens (including phenoxy) is 1. The van der Waals surface area contributed by atoms with Crippen molar-refractivity contribution in [3.63, 3.8) is 0 Å². The second-order valence-corrected chi connectivity index (χ2v) is 8.12. The van der Waals surface area contributed by atoms with Crippen molar-refractivity contribution in [3.8, 4) is 0 Å². The van der Waals surface area contributed by atoms with Crippen molar-refractivity contribution in [1.29, 1.82) is 0 Å². The molecule has 10 heteroatoms. The monoisotopic (exact) mass is 570 g/mol. The summed E-state index contributed by atoms with van der Waals surface area (Å²) in [5.41, 5.74) is 2.85. The SMILES string of the molecule is CCNC(=NCCCn1cnc2ccccc21)NC(C)c1nc(C)c(C(=O)OCC)s1.I. The minimum Gasteiger partial charge on any atom is -0.462 e. The number of aliphatic imine (C=N–C) groups is 1. The Morgan fingerprint density at radius 3 is 2.84 bits per heavy atom. The van der Waals surface area contributed by atoms with E-state index in [0.717, 1.165) is 41.5 Å². The highest BCUT2D eigenvalue weighted by atomic mass is 127. The van der Waals surface area contributed by atoms with Crippen LogP contribution in [-0.2, 0) is 11.3 Å². The van der Waals surface area contributed by atoms with Crippen LogP contribution in [0, 0.1) is 6.92 Å². The van der Waals surface area contributed by atoms with Crippen LogP contribution in [0.2, 0.25) is 0 Å². The van der Waals surface area contributed by atoms with Crippen LogP contribution in [0.4, 0.5) is 0 Å². The standard InChI is InChI=1S/C22H30N6O2S.HI/c1-5-23-22(24-12-9-13-28-14-25-17-10-7-8-11-18(17)28)27-16(4)20-26-15(3)19(31-20)21(29)30-6-2;/h7-8,10-11,14,16H,5-6,9,12-13H2,1-4H3,(H2,23,24,27);1H. The summed E-state index contributed by atoms with van der Waals surface area (Å²) < 4.78 is 7.27. The van der Waals surface area contributed by atoms with Crippen molar-refractivity contribution < 1.29 is 9.53 Å². The lowest BCUT2D eigenvalue weighted by atomic mass is 10.3. The number of carbonyl (C=O) groups excluding carboxylic acids is 1. The van der Waals surface area contributed by atoms with E-state index in [2.05, 4.69) is 31.2 Å². The number of benzene rings is 1. The molecular weight excluding hydrogens is 539 g/mol. The lowest BCUT2D eigenvalue weighted by Crippen LogP contribution is -2.38. The van der Waals surface area contributed by atoms with Crippen LogP contribution in [0.3, 0.4) is 0 Å². The smallest absolute Gasteiger partial charge is 0.350 e. The number of rotatable bonds is 9. The van der Waals surface area contributed by atoms with Gasteiger partial charge in [-0.1, -0.05) is 12.1 Å². The van der Waals surface area contributed by atoms with Crippen molar-refractivity contribution in [2.24, 2.45) is 4.99 Å². The number of guanidine groups is 1. The maximum absolute atomic E-state index is 12.1. The van der Waals surface area contributed by atoms with E-state index in [0.29, 0.717) is 23.7 Å². The van der Waals surface area contributed by atoms with Crippen LogP contribution >= 0.6 is 35.3 Å². The van der Waals surface area contributed by atoms with Gasteiger partial charge in [0.2, 0.25) is 0 Å². The van der Waals surface area contributed by atoms with Gasteiger partial charge < -0.3 is 19.9 Å². The zero-order chi connectivity index (χ0) is 22.2. The zero-order valence-corrected chi connectivity index (χ0v) is 22.1. The van der Waals surface area contributed by atoms with E-state index in [4.69, 9.17) is 9.73 Å². The van der Waals surface area contributed by atoms with Gasteiger partial charge in [0, 0.05) is 19.6 Å². The Bertz CT molecular complexity index is 1050. The number of nitrogens with one attached hydrogen (secondary N) is 2. The van der Waals surface area contributed by atoms with E-state index in [9.17, 15) is 4.79 Å². The number of aryl methyl sites for hydroxylation is 2. The molecule has 0 aliphatic rings. The number of esters is 1. The van der Waals surface area contributed by atoms with E-state index >= 15 is 0 Å². The summed E-state index contributed by atoms with van der Waals surface area (Å²) in [5, 5.41) is 7.49. The van der Waals surface area contributed by atoms with E-state index in [-0.39, 0.29) is 36.0 Å². The summed E-state index contributed by atoms with van der Waals surface area (Å²) in [6, 6.07) is 8.05. The van der Waals surface area contributed by atoms with Crippen LogP contribution < -0.4 is 10.6 Å². The summed E-state index contributed by atoms with van der Waals surface area (Å²) in [6.07, 6.45) is 2.78. The first kappa shape index (κ1) is 26.0. The van der Waals surface area contributed by atoms with Gasteiger partial charge in [-0.15, -0.1) is 35.3 Å². The lowest BCUT2D eigenvalue weighted by Gasteiger charge is -2.16. The number of hydrogen-bond donors (Lipinski definition) is 2. The Morgan fingerprint density at radius 1 is 1.31 bits per heavy atom. The molecule has 1 unspecified atom stereocenters. The van der Waals surface area contributed by atoms with Crippen molar-refractivity contribution in [3.05, 3.63) is 46.2 Å². The average Bonchev–Trinajstić information content (AvgIpc) is 3.35. The number of para-hydroxylation sites is 2. The van der Waals surface area contributed by atoms with Gasteiger partial charge in [-0.05, 0) is 46.2 Å². The number of nitrogens with zero attached hydrogens (tertiary/aromatic N) is 4. The fraction of sp³-hybridized carbons (Fsp3) is 0.455. The molecule has 174 valence electrons. The summed E-state index contributed by atoms with van der Waals surface area (Å²) in [5.74, 6) is 0.416. The summed E-state index contributed by atoms with van der Waals surface area (Å²) in [4.78, 5) is 26.3. The van der Waals surface area contributed by atoms with Gasteiger partial charge in [0.1, 0.15) is 9.88 Å². The number of halogens is 1. The molecule has 32 heavy (non-hydrogen) atoms. The quantitative estimate of drug-likeness (QED) is 0.131. The second-order valence-electron chi connectivity index (χ2n) is 7.09. The van der Waals surface area contributed by atoms with Crippen molar-refractivity contribution in [2.75, 3.05) is 19.7 Å². The third-order valence-corrected chi connectivity index (χ3v) is 6.02. The molecule has 0 radical (unpaired) electrons. The van der Waals surface area contributed by atoms with E-state index < -0.39 is 0 Å². The number of hydrogen-bond acceptors (Lipinski definition) is 6. The number of fused-ring (bicyclic) bond motifs is 1. The first-order chi connectivity index (χ1) is 15.0. The second kappa shape index (κ2) is 12.7. The molecule has 8 nitrogen and oxygen atoms in total. The molecule has 2 heterocycles. The van der Waals surface area contributed by atoms with Crippen LogP contribution in [0.5, 0.6) is 0 Å². The number of imidazole rings is 1. The molecule has 0 aliphatic heterocycles. The summed E-state index contributed by atoms with van der Waals surface area (Å²) in [7, 11) is 0. The first-order valence-electron chi connectivity index (χ1n) is 10.6. The van der Waals surface area contributed by atoms with Gasteiger partial charge in [0.25, 0.3) is 0 Å². The predicted octanol–water partition coefficient (Wildman–Crippen LogP) is 4.30. The summed E-state index contributed by atoms with van der Waals surface area (Å²) >= 11 is 1.36. The van der Waals surface area contributed by atoms with Crippen LogP contribution in [-0.4, -0.2) is 46.2 Å². The van der Waals surface area contributed by atoms with Crippen molar-refractivity contribution >= 4 is 58.3 Å². The van der Waals surface area contributed by atoms with E-state index in [1.54, 1.807) is 6.92 Å². The van der Waals surface area contributed by atoms with Gasteiger partial charge in [-0.25, -0.2) is 14.8 Å².